The maximum atomic E-state index is 13.7. The second kappa shape index (κ2) is 9.97. The van der Waals surface area contributed by atoms with Crippen molar-refractivity contribution in [3.8, 4) is 0 Å². The SMILES string of the molecule is CN(C)C(c1ccc(F)cc1)C1CCC(CCNC(=O)c2ccccc2F)CC1. The molecule has 1 aliphatic carbocycles. The van der Waals surface area contributed by atoms with Crippen LogP contribution >= 0.6 is 0 Å². The molecule has 0 spiro atoms. The van der Waals surface area contributed by atoms with Crippen molar-refractivity contribution >= 4 is 5.91 Å². The van der Waals surface area contributed by atoms with Crippen molar-refractivity contribution < 1.29 is 13.6 Å². The Bertz CT molecular complexity index is 799. The number of halogens is 2. The summed E-state index contributed by atoms with van der Waals surface area (Å²) < 4.78 is 27.0. The van der Waals surface area contributed by atoms with Crippen LogP contribution in [0.3, 0.4) is 0 Å². The predicted molar refractivity (Wildman–Crippen MR) is 112 cm³/mol. The molecule has 0 aliphatic heterocycles. The molecule has 1 unspecified atom stereocenters. The number of benzene rings is 2. The van der Waals surface area contributed by atoms with Crippen molar-refractivity contribution in [1.82, 2.24) is 10.2 Å². The van der Waals surface area contributed by atoms with Crippen LogP contribution in [0, 0.1) is 23.5 Å². The molecule has 5 heteroatoms. The fraction of sp³-hybridized carbons (Fsp3) is 0.458. The van der Waals surface area contributed by atoms with Gasteiger partial charge in [-0.05, 0) is 75.0 Å². The molecule has 0 aromatic heterocycles. The summed E-state index contributed by atoms with van der Waals surface area (Å²) in [5.74, 6) is 0.0807. The number of rotatable bonds is 7. The van der Waals surface area contributed by atoms with E-state index >= 15 is 0 Å². The molecule has 1 N–H and O–H groups in total. The monoisotopic (exact) mass is 400 g/mol. The summed E-state index contributed by atoms with van der Waals surface area (Å²) in [5.41, 5.74) is 1.27. The summed E-state index contributed by atoms with van der Waals surface area (Å²) in [7, 11) is 4.16. The van der Waals surface area contributed by atoms with Gasteiger partial charge >= 0.3 is 0 Å². The largest absolute Gasteiger partial charge is 0.352 e. The molecule has 2 aromatic rings. The predicted octanol–water partition coefficient (Wildman–Crippen LogP) is 5.19. The first-order valence-electron chi connectivity index (χ1n) is 10.4. The van der Waals surface area contributed by atoms with Crippen molar-refractivity contribution in [2.24, 2.45) is 11.8 Å². The fourth-order valence-electron chi connectivity index (χ4n) is 4.57. The number of nitrogens with one attached hydrogen (secondary N) is 1. The number of hydrogen-bond donors (Lipinski definition) is 1. The number of hydrogen-bond acceptors (Lipinski definition) is 2. The van der Waals surface area contributed by atoms with Crippen molar-refractivity contribution in [3.63, 3.8) is 0 Å². The molecular formula is C24H30F2N2O. The second-order valence-corrected chi connectivity index (χ2v) is 8.27. The zero-order valence-corrected chi connectivity index (χ0v) is 17.2. The lowest BCUT2D eigenvalue weighted by molar-refractivity contribution is 0.0943. The van der Waals surface area contributed by atoms with Crippen LogP contribution in [0.15, 0.2) is 48.5 Å². The minimum absolute atomic E-state index is 0.101. The second-order valence-electron chi connectivity index (χ2n) is 8.27. The van der Waals surface area contributed by atoms with Crippen LogP contribution in [0.1, 0.15) is 54.1 Å². The first kappa shape index (κ1) is 21.4. The molecule has 1 amide bonds. The third-order valence-corrected chi connectivity index (χ3v) is 6.06. The van der Waals surface area contributed by atoms with Gasteiger partial charge in [0.1, 0.15) is 11.6 Å². The highest BCUT2D eigenvalue weighted by atomic mass is 19.1. The zero-order valence-electron chi connectivity index (χ0n) is 17.2. The number of nitrogens with zero attached hydrogens (tertiary/aromatic N) is 1. The number of carbonyl (C=O) groups excluding carboxylic acids is 1. The van der Waals surface area contributed by atoms with Gasteiger partial charge in [-0.25, -0.2) is 8.78 Å². The normalized spacial score (nSPS) is 20.4. The first-order chi connectivity index (χ1) is 14.0. The van der Waals surface area contributed by atoms with E-state index in [1.807, 2.05) is 12.1 Å². The Balaban J connectivity index is 1.47. The van der Waals surface area contributed by atoms with Crippen molar-refractivity contribution in [3.05, 3.63) is 71.3 Å². The summed E-state index contributed by atoms with van der Waals surface area (Å²) in [6.07, 6.45) is 5.38. The molecule has 3 rings (SSSR count). The average Bonchev–Trinajstić information content (AvgIpc) is 2.71. The van der Waals surface area contributed by atoms with Gasteiger partial charge in [0.15, 0.2) is 0 Å². The highest BCUT2D eigenvalue weighted by Gasteiger charge is 2.30. The zero-order chi connectivity index (χ0) is 20.8. The molecule has 0 radical (unpaired) electrons. The Labute approximate surface area is 172 Å². The van der Waals surface area contributed by atoms with Crippen LogP contribution in [-0.2, 0) is 0 Å². The first-order valence-corrected chi connectivity index (χ1v) is 10.4. The number of amides is 1. The quantitative estimate of drug-likeness (QED) is 0.693. The summed E-state index contributed by atoms with van der Waals surface area (Å²) >= 11 is 0. The van der Waals surface area contributed by atoms with E-state index in [9.17, 15) is 13.6 Å². The van der Waals surface area contributed by atoms with E-state index in [1.54, 1.807) is 12.1 Å². The molecule has 1 fully saturated rings. The van der Waals surface area contributed by atoms with Gasteiger partial charge in [-0.1, -0.05) is 37.1 Å². The molecule has 0 heterocycles. The maximum Gasteiger partial charge on any atom is 0.254 e. The highest BCUT2D eigenvalue weighted by Crippen LogP contribution is 2.40. The van der Waals surface area contributed by atoms with Crippen molar-refractivity contribution in [1.29, 1.82) is 0 Å². The van der Waals surface area contributed by atoms with Gasteiger partial charge in [-0.2, -0.15) is 0 Å². The molecule has 1 aliphatic rings. The van der Waals surface area contributed by atoms with Crippen LogP contribution in [0.2, 0.25) is 0 Å². The van der Waals surface area contributed by atoms with E-state index in [2.05, 4.69) is 24.3 Å². The fourth-order valence-corrected chi connectivity index (χ4v) is 4.57. The molecule has 29 heavy (non-hydrogen) atoms. The minimum Gasteiger partial charge on any atom is -0.352 e. The molecule has 1 atom stereocenters. The molecule has 2 aromatic carbocycles. The van der Waals surface area contributed by atoms with E-state index < -0.39 is 5.82 Å². The van der Waals surface area contributed by atoms with Crippen molar-refractivity contribution in [2.75, 3.05) is 20.6 Å². The van der Waals surface area contributed by atoms with E-state index in [0.717, 1.165) is 37.7 Å². The van der Waals surface area contributed by atoms with Gasteiger partial charge in [-0.3, -0.25) is 4.79 Å². The van der Waals surface area contributed by atoms with Crippen LogP contribution in [-0.4, -0.2) is 31.4 Å². The van der Waals surface area contributed by atoms with Crippen LogP contribution in [0.5, 0.6) is 0 Å². The highest BCUT2D eigenvalue weighted by molar-refractivity contribution is 5.94. The van der Waals surface area contributed by atoms with E-state index in [-0.39, 0.29) is 23.3 Å². The van der Waals surface area contributed by atoms with Gasteiger partial charge in [0.2, 0.25) is 0 Å². The van der Waals surface area contributed by atoms with Gasteiger partial charge in [-0.15, -0.1) is 0 Å². The Morgan fingerprint density at radius 1 is 1.03 bits per heavy atom. The summed E-state index contributed by atoms with van der Waals surface area (Å²) in [4.78, 5) is 14.4. The summed E-state index contributed by atoms with van der Waals surface area (Å²) in [6.45, 7) is 0.567. The average molecular weight is 401 g/mol. The molecule has 0 bridgehead atoms. The molecule has 0 saturated heterocycles. The Morgan fingerprint density at radius 3 is 2.31 bits per heavy atom. The molecule has 156 valence electrons. The molecular weight excluding hydrogens is 370 g/mol. The van der Waals surface area contributed by atoms with E-state index in [1.165, 1.54) is 24.3 Å². The van der Waals surface area contributed by atoms with Crippen LogP contribution < -0.4 is 5.32 Å². The summed E-state index contributed by atoms with van der Waals surface area (Å²) in [6, 6.07) is 13.2. The maximum absolute atomic E-state index is 13.7. The minimum atomic E-state index is -0.485. The Hall–Kier alpha value is -2.27. The number of carbonyl (C=O) groups is 1. The Morgan fingerprint density at radius 2 is 1.69 bits per heavy atom. The van der Waals surface area contributed by atoms with E-state index in [4.69, 9.17) is 0 Å². The third-order valence-electron chi connectivity index (χ3n) is 6.06. The van der Waals surface area contributed by atoms with Crippen LogP contribution in [0.25, 0.3) is 0 Å². The van der Waals surface area contributed by atoms with Gasteiger partial charge in [0.25, 0.3) is 5.91 Å². The van der Waals surface area contributed by atoms with Crippen molar-refractivity contribution in [2.45, 2.75) is 38.1 Å². The van der Waals surface area contributed by atoms with Gasteiger partial charge in [0.05, 0.1) is 5.56 Å². The Kier molecular flexibility index (Phi) is 7.37. The topological polar surface area (TPSA) is 32.3 Å². The van der Waals surface area contributed by atoms with Gasteiger partial charge < -0.3 is 10.2 Å². The van der Waals surface area contributed by atoms with Crippen LogP contribution in [0.4, 0.5) is 8.78 Å². The third kappa shape index (κ3) is 5.63. The lowest BCUT2D eigenvalue weighted by atomic mass is 9.75. The lowest BCUT2D eigenvalue weighted by Gasteiger charge is -2.37. The molecule has 3 nitrogen and oxygen atoms in total. The van der Waals surface area contributed by atoms with Gasteiger partial charge in [0, 0.05) is 12.6 Å². The van der Waals surface area contributed by atoms with E-state index in [0.29, 0.717) is 18.4 Å². The molecule has 1 saturated carbocycles. The lowest BCUT2D eigenvalue weighted by Crippen LogP contribution is -2.31. The standard InChI is InChI=1S/C24H30F2N2O/c1-28(2)23(19-11-13-20(25)14-12-19)18-9-7-17(8-10-18)15-16-27-24(29)21-5-3-4-6-22(21)26/h3-6,11-14,17-18,23H,7-10,15-16H2,1-2H3,(H,27,29). The summed E-state index contributed by atoms with van der Waals surface area (Å²) in [5, 5.41) is 2.85. The smallest absolute Gasteiger partial charge is 0.254 e.